The molecule has 0 saturated heterocycles. The topological polar surface area (TPSA) is 65.2 Å². The van der Waals surface area contributed by atoms with Gasteiger partial charge in [-0.2, -0.15) is 0 Å². The Kier molecular flexibility index (Phi) is 3.41. The number of methoxy groups -OCH3 is 1. The van der Waals surface area contributed by atoms with Gasteiger partial charge in [-0.3, -0.25) is 0 Å². The third kappa shape index (κ3) is 2.33. The van der Waals surface area contributed by atoms with Crippen molar-refractivity contribution in [3.8, 4) is 0 Å². The van der Waals surface area contributed by atoms with Crippen LogP contribution in [-0.2, 0) is 4.74 Å². The fourth-order valence-corrected chi connectivity index (χ4v) is 1.16. The van der Waals surface area contributed by atoms with E-state index in [0.29, 0.717) is 0 Å². The molecule has 0 aromatic carbocycles. The zero-order chi connectivity index (χ0) is 11.6. The number of alkyl halides is 2. The van der Waals surface area contributed by atoms with Gasteiger partial charge in [0.05, 0.1) is 18.4 Å². The highest BCUT2D eigenvalue weighted by Crippen LogP contribution is 2.28. The molecule has 0 bridgehead atoms. The molecule has 0 unspecified atom stereocenters. The van der Waals surface area contributed by atoms with Gasteiger partial charge in [-0.15, -0.1) is 0 Å². The number of nitrogen functional groups attached to an aromatic ring is 1. The van der Waals surface area contributed by atoms with Crippen LogP contribution < -0.4 is 5.73 Å². The highest BCUT2D eigenvalue weighted by molar-refractivity contribution is 6.30. The predicted octanol–water partition coefficient (Wildman–Crippen LogP) is 2.04. The quantitative estimate of drug-likeness (QED) is 0.630. The molecule has 1 rings (SSSR count). The first kappa shape index (κ1) is 11.6. The van der Waals surface area contributed by atoms with E-state index in [1.54, 1.807) is 0 Å². The summed E-state index contributed by atoms with van der Waals surface area (Å²) in [6.45, 7) is 0. The summed E-state index contributed by atoms with van der Waals surface area (Å²) in [6.07, 6.45) is -2.79. The van der Waals surface area contributed by atoms with Gasteiger partial charge in [0.2, 0.25) is 0 Å². The smallest absolute Gasteiger partial charge is 0.358 e. The lowest BCUT2D eigenvalue weighted by Gasteiger charge is -2.07. The van der Waals surface area contributed by atoms with Crippen molar-refractivity contribution < 1.29 is 18.3 Å². The molecule has 1 aromatic heterocycles. The molecule has 0 amide bonds. The van der Waals surface area contributed by atoms with Crippen molar-refractivity contribution in [1.82, 2.24) is 4.98 Å². The number of esters is 1. The Balaban J connectivity index is 3.25. The maximum absolute atomic E-state index is 12.3. The predicted molar refractivity (Wildman–Crippen MR) is 50.0 cm³/mol. The number of ether oxygens (including phenoxy) is 1. The number of carbonyl (C=O) groups is 1. The first-order valence-electron chi connectivity index (χ1n) is 3.79. The first-order chi connectivity index (χ1) is 6.97. The van der Waals surface area contributed by atoms with Gasteiger partial charge >= 0.3 is 5.97 Å². The fourth-order valence-electron chi connectivity index (χ4n) is 0.936. The Morgan fingerprint density at radius 1 is 1.67 bits per heavy atom. The Labute approximate surface area is 89.0 Å². The molecule has 0 fully saturated rings. The van der Waals surface area contributed by atoms with Crippen LogP contribution in [0.25, 0.3) is 0 Å². The number of halogens is 3. The average molecular weight is 237 g/mol. The van der Waals surface area contributed by atoms with Gasteiger partial charge in [0.1, 0.15) is 5.15 Å². The van der Waals surface area contributed by atoms with Gasteiger partial charge in [-0.05, 0) is 6.07 Å². The molecule has 0 spiro atoms. The number of hydrogen-bond donors (Lipinski definition) is 1. The molecule has 1 heterocycles. The van der Waals surface area contributed by atoms with Crippen molar-refractivity contribution in [3.05, 3.63) is 22.5 Å². The number of nitrogens with two attached hydrogens (primary N) is 1. The van der Waals surface area contributed by atoms with Crippen LogP contribution in [0.5, 0.6) is 0 Å². The van der Waals surface area contributed by atoms with Gasteiger partial charge in [0, 0.05) is 0 Å². The van der Waals surface area contributed by atoms with Gasteiger partial charge in [0.15, 0.2) is 5.69 Å². The minimum Gasteiger partial charge on any atom is -0.464 e. The van der Waals surface area contributed by atoms with E-state index in [4.69, 9.17) is 17.3 Å². The maximum Gasteiger partial charge on any atom is 0.358 e. The third-order valence-electron chi connectivity index (χ3n) is 1.65. The monoisotopic (exact) mass is 236 g/mol. The van der Waals surface area contributed by atoms with Crippen molar-refractivity contribution in [2.75, 3.05) is 12.8 Å². The number of rotatable bonds is 2. The van der Waals surface area contributed by atoms with Crippen LogP contribution in [0.4, 0.5) is 14.5 Å². The van der Waals surface area contributed by atoms with Gasteiger partial charge in [-0.1, -0.05) is 11.6 Å². The molecule has 4 nitrogen and oxygen atoms in total. The second-order valence-corrected chi connectivity index (χ2v) is 2.96. The van der Waals surface area contributed by atoms with E-state index in [0.717, 1.165) is 13.2 Å². The summed E-state index contributed by atoms with van der Waals surface area (Å²) in [6, 6.07) is 0.909. The highest BCUT2D eigenvalue weighted by atomic mass is 35.5. The number of hydrogen-bond acceptors (Lipinski definition) is 4. The summed E-state index contributed by atoms with van der Waals surface area (Å²) in [5.74, 6) is -0.824. The highest BCUT2D eigenvalue weighted by Gasteiger charge is 2.19. The summed E-state index contributed by atoms with van der Waals surface area (Å²) in [4.78, 5) is 14.5. The van der Waals surface area contributed by atoms with Crippen LogP contribution in [0, 0.1) is 0 Å². The summed E-state index contributed by atoms with van der Waals surface area (Å²) < 4.78 is 29.0. The molecule has 0 radical (unpaired) electrons. The van der Waals surface area contributed by atoms with Gasteiger partial charge in [0.25, 0.3) is 6.43 Å². The Morgan fingerprint density at radius 3 is 2.73 bits per heavy atom. The van der Waals surface area contributed by atoms with Crippen LogP contribution >= 0.6 is 11.6 Å². The fraction of sp³-hybridized carbons (Fsp3) is 0.250. The normalized spacial score (nSPS) is 10.5. The number of pyridine rings is 1. The zero-order valence-corrected chi connectivity index (χ0v) is 8.39. The van der Waals surface area contributed by atoms with Crippen molar-refractivity contribution in [2.45, 2.75) is 6.43 Å². The molecule has 0 aliphatic heterocycles. The van der Waals surface area contributed by atoms with E-state index in [-0.39, 0.29) is 11.4 Å². The summed E-state index contributed by atoms with van der Waals surface area (Å²) >= 11 is 5.44. The summed E-state index contributed by atoms with van der Waals surface area (Å²) in [7, 11) is 1.12. The van der Waals surface area contributed by atoms with Gasteiger partial charge < -0.3 is 10.5 Å². The minimum atomic E-state index is -2.79. The number of aromatic nitrogens is 1. The molecule has 82 valence electrons. The van der Waals surface area contributed by atoms with E-state index < -0.39 is 23.1 Å². The first-order valence-corrected chi connectivity index (χ1v) is 4.17. The zero-order valence-electron chi connectivity index (χ0n) is 7.63. The molecule has 0 aliphatic rings. The molecule has 0 saturated carbocycles. The van der Waals surface area contributed by atoms with Crippen molar-refractivity contribution in [2.24, 2.45) is 0 Å². The molecule has 1 aromatic rings. The molecule has 0 atom stereocenters. The van der Waals surface area contributed by atoms with Crippen molar-refractivity contribution >= 4 is 23.3 Å². The molecule has 15 heavy (non-hydrogen) atoms. The largest absolute Gasteiger partial charge is 0.464 e. The lowest BCUT2D eigenvalue weighted by Crippen LogP contribution is -2.10. The second-order valence-electron chi connectivity index (χ2n) is 2.60. The van der Waals surface area contributed by atoms with Crippen LogP contribution in [0.3, 0.4) is 0 Å². The van der Waals surface area contributed by atoms with Crippen molar-refractivity contribution in [3.63, 3.8) is 0 Å². The lowest BCUT2D eigenvalue weighted by molar-refractivity contribution is 0.0595. The summed E-state index contributed by atoms with van der Waals surface area (Å²) in [5.41, 5.74) is 4.37. The molecular weight excluding hydrogens is 230 g/mol. The Bertz CT molecular complexity index is 398. The SMILES string of the molecule is COC(=O)c1nc(Cl)c(C(F)F)cc1N. The van der Waals surface area contributed by atoms with Crippen LogP contribution in [0.1, 0.15) is 22.5 Å². The molecule has 2 N–H and O–H groups in total. The Morgan fingerprint density at radius 2 is 2.27 bits per heavy atom. The summed E-state index contributed by atoms with van der Waals surface area (Å²) in [5, 5.41) is -0.459. The third-order valence-corrected chi connectivity index (χ3v) is 1.95. The van der Waals surface area contributed by atoms with E-state index in [2.05, 4.69) is 9.72 Å². The number of anilines is 1. The lowest BCUT2D eigenvalue weighted by atomic mass is 10.2. The molecule has 7 heteroatoms. The van der Waals surface area contributed by atoms with E-state index in [9.17, 15) is 13.6 Å². The standard InChI is InChI=1S/C8H7ClF2N2O2/c1-15-8(14)5-4(12)2-3(7(10)11)6(9)13-5/h2,7H,12H2,1H3. The Hall–Kier alpha value is -1.43. The van der Waals surface area contributed by atoms with Crippen LogP contribution in [0.2, 0.25) is 5.15 Å². The van der Waals surface area contributed by atoms with E-state index in [1.807, 2.05) is 0 Å². The van der Waals surface area contributed by atoms with Crippen LogP contribution in [0.15, 0.2) is 6.07 Å². The minimum absolute atomic E-state index is 0.193. The average Bonchev–Trinajstić information content (AvgIpc) is 2.19. The van der Waals surface area contributed by atoms with Gasteiger partial charge in [-0.25, -0.2) is 18.6 Å². The maximum atomic E-state index is 12.3. The van der Waals surface area contributed by atoms with Crippen molar-refractivity contribution in [1.29, 1.82) is 0 Å². The van der Waals surface area contributed by atoms with E-state index >= 15 is 0 Å². The van der Waals surface area contributed by atoms with E-state index in [1.165, 1.54) is 0 Å². The number of carbonyl (C=O) groups excluding carboxylic acids is 1. The van der Waals surface area contributed by atoms with Crippen LogP contribution in [-0.4, -0.2) is 18.1 Å². The number of nitrogens with zero attached hydrogens (tertiary/aromatic N) is 1. The molecular formula is C8H7ClF2N2O2. The molecule has 0 aliphatic carbocycles. The second kappa shape index (κ2) is 4.39.